The molecule has 3 amide bonds. The molecule has 156 valence electrons. The van der Waals surface area contributed by atoms with Gasteiger partial charge in [-0.3, -0.25) is 19.7 Å². The van der Waals surface area contributed by atoms with Crippen molar-refractivity contribution in [1.29, 1.82) is 0 Å². The molecule has 1 unspecified atom stereocenters. The van der Waals surface area contributed by atoms with Gasteiger partial charge in [-0.15, -0.1) is 11.3 Å². The van der Waals surface area contributed by atoms with Gasteiger partial charge in [-0.05, 0) is 48.8 Å². The van der Waals surface area contributed by atoms with Gasteiger partial charge >= 0.3 is 0 Å². The SMILES string of the molecule is Cc1ccc(NC(=S)NCc2scc3c2CN(C2CCC(=O)NC2=O)C3=O)cc1Cl. The fourth-order valence-corrected chi connectivity index (χ4v) is 4.90. The monoisotopic (exact) mass is 462 g/mol. The van der Waals surface area contributed by atoms with Crippen LogP contribution in [0.5, 0.6) is 0 Å². The predicted octanol–water partition coefficient (Wildman–Crippen LogP) is 2.96. The summed E-state index contributed by atoms with van der Waals surface area (Å²) in [4.78, 5) is 38.9. The van der Waals surface area contributed by atoms with Crippen molar-refractivity contribution in [1.82, 2.24) is 15.5 Å². The second-order valence-corrected chi connectivity index (χ2v) is 9.00. The largest absolute Gasteiger partial charge is 0.358 e. The molecular weight excluding hydrogens is 444 g/mol. The van der Waals surface area contributed by atoms with Crippen LogP contribution in [0.3, 0.4) is 0 Å². The van der Waals surface area contributed by atoms with Crippen LogP contribution >= 0.6 is 35.2 Å². The summed E-state index contributed by atoms with van der Waals surface area (Å²) in [6, 6.07) is 5.01. The number of carbonyl (C=O) groups excluding carboxylic acids is 3. The summed E-state index contributed by atoms with van der Waals surface area (Å²) < 4.78 is 0. The maximum Gasteiger partial charge on any atom is 0.256 e. The van der Waals surface area contributed by atoms with E-state index in [4.69, 9.17) is 23.8 Å². The van der Waals surface area contributed by atoms with Crippen LogP contribution in [0.4, 0.5) is 5.69 Å². The molecule has 1 aromatic carbocycles. The van der Waals surface area contributed by atoms with Crippen molar-refractivity contribution in [2.45, 2.75) is 38.9 Å². The summed E-state index contributed by atoms with van der Waals surface area (Å²) in [5, 5.41) is 11.5. The van der Waals surface area contributed by atoms with Crippen molar-refractivity contribution < 1.29 is 14.4 Å². The maximum absolute atomic E-state index is 12.8. The lowest BCUT2D eigenvalue weighted by molar-refractivity contribution is -0.136. The number of thiophene rings is 1. The number of imide groups is 1. The fraction of sp³-hybridized carbons (Fsp3) is 0.300. The van der Waals surface area contributed by atoms with Crippen LogP contribution in [0.25, 0.3) is 0 Å². The van der Waals surface area contributed by atoms with Crippen molar-refractivity contribution in [3.63, 3.8) is 0 Å². The summed E-state index contributed by atoms with van der Waals surface area (Å²) in [7, 11) is 0. The van der Waals surface area contributed by atoms with Crippen molar-refractivity contribution in [2.24, 2.45) is 0 Å². The Morgan fingerprint density at radius 3 is 2.90 bits per heavy atom. The van der Waals surface area contributed by atoms with Gasteiger partial charge in [0, 0.05) is 33.9 Å². The Morgan fingerprint density at radius 2 is 2.17 bits per heavy atom. The number of nitrogens with zero attached hydrogens (tertiary/aromatic N) is 1. The molecule has 3 heterocycles. The van der Waals surface area contributed by atoms with Crippen LogP contribution < -0.4 is 16.0 Å². The summed E-state index contributed by atoms with van der Waals surface area (Å²) in [5.74, 6) is -0.870. The lowest BCUT2D eigenvalue weighted by atomic mass is 10.0. The second kappa shape index (κ2) is 8.33. The lowest BCUT2D eigenvalue weighted by Gasteiger charge is -2.29. The topological polar surface area (TPSA) is 90.5 Å². The standard InChI is InChI=1S/C20H19ClN4O3S2/c1-10-2-3-11(6-14(10)21)23-20(29)22-7-16-12-8-25(19(28)13(12)9-30-16)15-4-5-17(26)24-18(15)27/h2-3,6,9,15H,4-5,7-8H2,1H3,(H2,22,23,29)(H,24,26,27). The molecule has 30 heavy (non-hydrogen) atoms. The Labute approximate surface area is 187 Å². The number of carbonyl (C=O) groups is 3. The summed E-state index contributed by atoms with van der Waals surface area (Å²) in [6.07, 6.45) is 0.592. The van der Waals surface area contributed by atoms with E-state index in [1.54, 1.807) is 4.90 Å². The quantitative estimate of drug-likeness (QED) is 0.478. The number of fused-ring (bicyclic) bond motifs is 1. The van der Waals surface area contributed by atoms with Gasteiger partial charge in [0.05, 0.1) is 12.1 Å². The van der Waals surface area contributed by atoms with E-state index in [2.05, 4.69) is 16.0 Å². The zero-order valence-electron chi connectivity index (χ0n) is 16.1. The number of rotatable bonds is 4. The van der Waals surface area contributed by atoms with Crippen molar-refractivity contribution >= 4 is 63.7 Å². The van der Waals surface area contributed by atoms with E-state index in [9.17, 15) is 14.4 Å². The van der Waals surface area contributed by atoms with Gasteiger partial charge in [0.2, 0.25) is 11.8 Å². The van der Waals surface area contributed by atoms with Gasteiger partial charge in [-0.25, -0.2) is 0 Å². The molecule has 0 spiro atoms. The first-order valence-electron chi connectivity index (χ1n) is 9.38. The highest BCUT2D eigenvalue weighted by atomic mass is 35.5. The molecule has 10 heteroatoms. The Bertz CT molecular complexity index is 1070. The molecular formula is C20H19ClN4O3S2. The second-order valence-electron chi connectivity index (χ2n) is 7.22. The van der Waals surface area contributed by atoms with Crippen LogP contribution in [0.15, 0.2) is 23.6 Å². The number of benzene rings is 1. The first-order chi connectivity index (χ1) is 14.3. The minimum absolute atomic E-state index is 0.169. The van der Waals surface area contributed by atoms with Crippen molar-refractivity contribution in [2.75, 3.05) is 5.32 Å². The normalized spacial score (nSPS) is 18.3. The van der Waals surface area contributed by atoms with Gasteiger partial charge in [0.1, 0.15) is 6.04 Å². The van der Waals surface area contributed by atoms with E-state index in [1.807, 2.05) is 30.5 Å². The Balaban J connectivity index is 1.39. The highest BCUT2D eigenvalue weighted by Gasteiger charge is 2.40. The Kier molecular flexibility index (Phi) is 5.77. The number of aryl methyl sites for hydroxylation is 1. The molecule has 2 aliphatic heterocycles. The van der Waals surface area contributed by atoms with E-state index in [0.29, 0.717) is 35.2 Å². The predicted molar refractivity (Wildman–Crippen MR) is 120 cm³/mol. The van der Waals surface area contributed by atoms with Crippen LogP contribution in [0, 0.1) is 6.92 Å². The third kappa shape index (κ3) is 4.05. The summed E-state index contributed by atoms with van der Waals surface area (Å²) in [5.41, 5.74) is 3.30. The minimum atomic E-state index is -0.609. The average molecular weight is 463 g/mol. The number of anilines is 1. The van der Waals surface area contributed by atoms with Crippen LogP contribution in [-0.4, -0.2) is 33.8 Å². The third-order valence-corrected chi connectivity index (χ3v) is 6.91. The maximum atomic E-state index is 12.8. The first kappa shape index (κ1) is 20.8. The molecule has 4 rings (SSSR count). The van der Waals surface area contributed by atoms with E-state index in [-0.39, 0.29) is 18.2 Å². The van der Waals surface area contributed by atoms with Crippen molar-refractivity contribution in [3.05, 3.63) is 50.2 Å². The lowest BCUT2D eigenvalue weighted by Crippen LogP contribution is -2.52. The molecule has 0 bridgehead atoms. The van der Waals surface area contributed by atoms with Gasteiger partial charge in [-0.2, -0.15) is 0 Å². The first-order valence-corrected chi connectivity index (χ1v) is 11.0. The van der Waals surface area contributed by atoms with Crippen molar-refractivity contribution in [3.8, 4) is 0 Å². The third-order valence-electron chi connectivity index (χ3n) is 5.23. The summed E-state index contributed by atoms with van der Waals surface area (Å²) >= 11 is 13.0. The van der Waals surface area contributed by atoms with Gasteiger partial charge in [0.15, 0.2) is 5.11 Å². The summed E-state index contributed by atoms with van der Waals surface area (Å²) in [6.45, 7) is 2.75. The molecule has 0 radical (unpaired) electrons. The molecule has 2 aromatic rings. The van der Waals surface area contributed by atoms with Gasteiger partial charge in [0.25, 0.3) is 5.91 Å². The van der Waals surface area contributed by atoms with Gasteiger partial charge in [-0.1, -0.05) is 17.7 Å². The molecule has 1 atom stereocenters. The minimum Gasteiger partial charge on any atom is -0.358 e. The zero-order chi connectivity index (χ0) is 21.4. The van der Waals surface area contributed by atoms with E-state index in [0.717, 1.165) is 21.7 Å². The molecule has 2 aliphatic rings. The zero-order valence-corrected chi connectivity index (χ0v) is 18.5. The molecule has 1 saturated heterocycles. The van der Waals surface area contributed by atoms with Gasteiger partial charge < -0.3 is 15.5 Å². The van der Waals surface area contributed by atoms with Crippen LogP contribution in [0.1, 0.15) is 39.2 Å². The number of hydrogen-bond donors (Lipinski definition) is 3. The van der Waals surface area contributed by atoms with Crippen LogP contribution in [-0.2, 0) is 22.7 Å². The Morgan fingerprint density at radius 1 is 1.37 bits per heavy atom. The Hall–Kier alpha value is -2.49. The number of nitrogens with one attached hydrogen (secondary N) is 3. The molecule has 1 fully saturated rings. The smallest absolute Gasteiger partial charge is 0.256 e. The van der Waals surface area contributed by atoms with E-state index >= 15 is 0 Å². The highest BCUT2D eigenvalue weighted by Crippen LogP contribution is 2.33. The van der Waals surface area contributed by atoms with Crippen LogP contribution in [0.2, 0.25) is 5.02 Å². The number of piperidine rings is 1. The molecule has 3 N–H and O–H groups in total. The fourth-order valence-electron chi connectivity index (χ4n) is 3.56. The molecule has 7 nitrogen and oxygen atoms in total. The van der Waals surface area contributed by atoms with E-state index in [1.165, 1.54) is 11.3 Å². The number of thiocarbonyl (C=S) groups is 1. The molecule has 0 aliphatic carbocycles. The molecule has 1 aromatic heterocycles. The number of halogens is 1. The number of amides is 3. The number of hydrogen-bond acceptors (Lipinski definition) is 5. The average Bonchev–Trinajstić information content (AvgIpc) is 3.23. The molecule has 0 saturated carbocycles. The van der Waals surface area contributed by atoms with E-state index < -0.39 is 11.9 Å². The highest BCUT2D eigenvalue weighted by molar-refractivity contribution is 7.80.